The van der Waals surface area contributed by atoms with Crippen LogP contribution in [0.5, 0.6) is 5.75 Å². The van der Waals surface area contributed by atoms with Crippen molar-refractivity contribution in [2.45, 2.75) is 6.10 Å². The van der Waals surface area contributed by atoms with Gasteiger partial charge < -0.3 is 14.5 Å². The number of halogens is 2. The Hall–Kier alpha value is -1.32. The molecule has 3 nitrogen and oxygen atoms in total. The highest BCUT2D eigenvalue weighted by atomic mass is 35.5. The van der Waals surface area contributed by atoms with Crippen molar-refractivity contribution in [1.82, 2.24) is 0 Å². The minimum atomic E-state index is -0.0973. The van der Waals surface area contributed by atoms with Crippen LogP contribution in [0.4, 0.5) is 5.69 Å². The summed E-state index contributed by atoms with van der Waals surface area (Å²) in [4.78, 5) is 0. The largest absolute Gasteiger partial charge is 0.480 e. The molecule has 88 valence electrons. The fourth-order valence-electron chi connectivity index (χ4n) is 1.84. The van der Waals surface area contributed by atoms with E-state index in [1.54, 1.807) is 24.7 Å². The standard InChI is InChI=1S/C12H9Cl2NO2/c13-8-3-9(14)12-10(4-8)15-5-11(17-12)7-1-2-16-6-7/h1-4,6,11,15H,5H2. The van der Waals surface area contributed by atoms with Crippen LogP contribution in [0.15, 0.2) is 35.1 Å². The molecule has 2 heterocycles. The summed E-state index contributed by atoms with van der Waals surface area (Å²) in [5.74, 6) is 0.633. The van der Waals surface area contributed by atoms with E-state index in [1.807, 2.05) is 6.07 Å². The van der Waals surface area contributed by atoms with E-state index < -0.39 is 0 Å². The van der Waals surface area contributed by atoms with Gasteiger partial charge in [0, 0.05) is 10.6 Å². The molecular formula is C12H9Cl2NO2. The quantitative estimate of drug-likeness (QED) is 0.845. The predicted molar refractivity (Wildman–Crippen MR) is 67.0 cm³/mol. The lowest BCUT2D eigenvalue weighted by molar-refractivity contribution is 0.209. The number of anilines is 1. The second kappa shape index (κ2) is 4.17. The van der Waals surface area contributed by atoms with Crippen LogP contribution in [-0.4, -0.2) is 6.54 Å². The summed E-state index contributed by atoms with van der Waals surface area (Å²) >= 11 is 12.0. The Balaban J connectivity index is 1.95. The van der Waals surface area contributed by atoms with Crippen molar-refractivity contribution < 1.29 is 9.15 Å². The minimum Gasteiger partial charge on any atom is -0.480 e. The molecule has 1 aliphatic heterocycles. The summed E-state index contributed by atoms with van der Waals surface area (Å²) < 4.78 is 10.9. The van der Waals surface area contributed by atoms with Gasteiger partial charge in [0.1, 0.15) is 6.10 Å². The molecule has 0 fully saturated rings. The molecule has 1 aromatic carbocycles. The van der Waals surface area contributed by atoms with Gasteiger partial charge in [0.25, 0.3) is 0 Å². The first kappa shape index (κ1) is 10.8. The number of fused-ring (bicyclic) bond motifs is 1. The van der Waals surface area contributed by atoms with Crippen LogP contribution in [0, 0.1) is 0 Å². The van der Waals surface area contributed by atoms with Gasteiger partial charge in [0.15, 0.2) is 5.75 Å². The van der Waals surface area contributed by atoms with Crippen LogP contribution in [0.2, 0.25) is 10.0 Å². The fraction of sp³-hybridized carbons (Fsp3) is 0.167. The Kier molecular flexibility index (Phi) is 2.65. The average molecular weight is 270 g/mol. The molecule has 1 atom stereocenters. The summed E-state index contributed by atoms with van der Waals surface area (Å²) in [5, 5.41) is 4.34. The zero-order chi connectivity index (χ0) is 11.8. The number of furan rings is 1. The average Bonchev–Trinajstić information content (AvgIpc) is 2.82. The second-order valence-corrected chi connectivity index (χ2v) is 4.65. The third-order valence-corrected chi connectivity index (χ3v) is 3.16. The molecular weight excluding hydrogens is 261 g/mol. The Morgan fingerprint density at radius 2 is 2.18 bits per heavy atom. The van der Waals surface area contributed by atoms with Crippen molar-refractivity contribution in [3.05, 3.63) is 46.3 Å². The van der Waals surface area contributed by atoms with Crippen LogP contribution in [0.1, 0.15) is 11.7 Å². The molecule has 1 unspecified atom stereocenters. The van der Waals surface area contributed by atoms with Gasteiger partial charge in [0.05, 0.1) is 29.8 Å². The summed E-state index contributed by atoms with van der Waals surface area (Å²) in [7, 11) is 0. The summed E-state index contributed by atoms with van der Waals surface area (Å²) in [5.41, 5.74) is 1.80. The van der Waals surface area contributed by atoms with E-state index in [-0.39, 0.29) is 6.10 Å². The Morgan fingerprint density at radius 3 is 2.94 bits per heavy atom. The van der Waals surface area contributed by atoms with Crippen molar-refractivity contribution >= 4 is 28.9 Å². The molecule has 1 aliphatic rings. The van der Waals surface area contributed by atoms with E-state index in [4.69, 9.17) is 32.4 Å². The molecule has 0 aliphatic carbocycles. The molecule has 0 saturated carbocycles. The monoisotopic (exact) mass is 269 g/mol. The van der Waals surface area contributed by atoms with Gasteiger partial charge in [-0.2, -0.15) is 0 Å². The van der Waals surface area contributed by atoms with Gasteiger partial charge in [-0.15, -0.1) is 0 Å². The van der Waals surface area contributed by atoms with E-state index in [1.165, 1.54) is 0 Å². The Morgan fingerprint density at radius 1 is 1.29 bits per heavy atom. The van der Waals surface area contributed by atoms with Gasteiger partial charge in [-0.05, 0) is 18.2 Å². The van der Waals surface area contributed by atoms with Crippen LogP contribution in [0.3, 0.4) is 0 Å². The molecule has 3 rings (SSSR count). The Labute approximate surface area is 108 Å². The molecule has 0 bridgehead atoms. The first-order valence-corrected chi connectivity index (χ1v) is 5.91. The highest BCUT2D eigenvalue weighted by Gasteiger charge is 2.24. The maximum atomic E-state index is 6.10. The highest BCUT2D eigenvalue weighted by molar-refractivity contribution is 6.36. The third-order valence-electron chi connectivity index (χ3n) is 2.66. The van der Waals surface area contributed by atoms with Crippen molar-refractivity contribution in [2.75, 3.05) is 11.9 Å². The van der Waals surface area contributed by atoms with Gasteiger partial charge >= 0.3 is 0 Å². The molecule has 0 spiro atoms. The molecule has 2 aromatic rings. The number of benzene rings is 1. The summed E-state index contributed by atoms with van der Waals surface area (Å²) in [6.45, 7) is 0.656. The maximum Gasteiger partial charge on any atom is 0.162 e. The lowest BCUT2D eigenvalue weighted by atomic mass is 10.1. The zero-order valence-electron chi connectivity index (χ0n) is 8.74. The number of hydrogen-bond donors (Lipinski definition) is 1. The zero-order valence-corrected chi connectivity index (χ0v) is 10.3. The summed E-state index contributed by atoms with van der Waals surface area (Å²) in [6.07, 6.45) is 3.19. The first-order valence-electron chi connectivity index (χ1n) is 5.16. The SMILES string of the molecule is Clc1cc(Cl)c2c(c1)NCC(c1ccoc1)O2. The van der Waals surface area contributed by atoms with Crippen LogP contribution in [0.25, 0.3) is 0 Å². The van der Waals surface area contributed by atoms with Gasteiger partial charge in [0.2, 0.25) is 0 Å². The molecule has 1 N–H and O–H groups in total. The molecule has 0 amide bonds. The molecule has 17 heavy (non-hydrogen) atoms. The van der Waals surface area contributed by atoms with Crippen molar-refractivity contribution in [3.8, 4) is 5.75 Å². The third kappa shape index (κ3) is 1.96. The molecule has 5 heteroatoms. The minimum absolute atomic E-state index is 0.0973. The number of nitrogens with one attached hydrogen (secondary N) is 1. The number of ether oxygens (including phenoxy) is 1. The van der Waals surface area contributed by atoms with Gasteiger partial charge in [-0.1, -0.05) is 23.2 Å². The van der Waals surface area contributed by atoms with Crippen molar-refractivity contribution in [2.24, 2.45) is 0 Å². The smallest absolute Gasteiger partial charge is 0.162 e. The lowest BCUT2D eigenvalue weighted by Gasteiger charge is -2.27. The van der Waals surface area contributed by atoms with Crippen LogP contribution < -0.4 is 10.1 Å². The fourth-order valence-corrected chi connectivity index (χ4v) is 2.38. The highest BCUT2D eigenvalue weighted by Crippen LogP contribution is 2.41. The molecule has 1 aromatic heterocycles. The van der Waals surface area contributed by atoms with Crippen LogP contribution >= 0.6 is 23.2 Å². The topological polar surface area (TPSA) is 34.4 Å². The van der Waals surface area contributed by atoms with Crippen molar-refractivity contribution in [1.29, 1.82) is 0 Å². The van der Waals surface area contributed by atoms with Crippen molar-refractivity contribution in [3.63, 3.8) is 0 Å². The van der Waals surface area contributed by atoms with E-state index in [9.17, 15) is 0 Å². The Bertz CT molecular complexity index is 540. The molecule has 0 saturated heterocycles. The maximum absolute atomic E-state index is 6.10. The van der Waals surface area contributed by atoms with Gasteiger partial charge in [-0.25, -0.2) is 0 Å². The lowest BCUT2D eigenvalue weighted by Crippen LogP contribution is -2.23. The van der Waals surface area contributed by atoms with E-state index in [0.717, 1.165) is 11.3 Å². The van der Waals surface area contributed by atoms with Crippen LogP contribution in [-0.2, 0) is 0 Å². The normalized spacial score (nSPS) is 18.1. The second-order valence-electron chi connectivity index (χ2n) is 3.81. The van der Waals surface area contributed by atoms with E-state index >= 15 is 0 Å². The van der Waals surface area contributed by atoms with Gasteiger partial charge in [-0.3, -0.25) is 0 Å². The predicted octanol–water partition coefficient (Wildman–Crippen LogP) is 4.13. The summed E-state index contributed by atoms with van der Waals surface area (Å²) in [6, 6.07) is 5.34. The van der Waals surface area contributed by atoms with E-state index in [0.29, 0.717) is 22.3 Å². The number of rotatable bonds is 1. The number of hydrogen-bond acceptors (Lipinski definition) is 3. The van der Waals surface area contributed by atoms with E-state index in [2.05, 4.69) is 5.32 Å². The first-order chi connectivity index (χ1) is 8.24. The molecule has 0 radical (unpaired) electrons.